The number of halogens is 1. The van der Waals surface area contributed by atoms with Crippen LogP contribution < -0.4 is 0 Å². The summed E-state index contributed by atoms with van der Waals surface area (Å²) in [6.07, 6.45) is 0. The van der Waals surface area contributed by atoms with Gasteiger partial charge in [0.2, 0.25) is 0 Å². The third kappa shape index (κ3) is 11.4. The Morgan fingerprint density at radius 3 is 1.06 bits per heavy atom. The van der Waals surface area contributed by atoms with E-state index in [0.717, 1.165) is 48.4 Å². The minimum absolute atomic E-state index is 0.461. The van der Waals surface area contributed by atoms with Crippen LogP contribution in [0.4, 0.5) is 0 Å². The van der Waals surface area contributed by atoms with E-state index in [-0.39, 0.29) is 0 Å². The van der Waals surface area contributed by atoms with Gasteiger partial charge in [0.05, 0.1) is 0 Å². The molecule has 0 rings (SSSR count). The van der Waals surface area contributed by atoms with Crippen molar-refractivity contribution in [3.05, 3.63) is 0 Å². The normalized spacial score (nSPS) is 14.5. The largest absolute Gasteiger partial charge is 0.637 e. The summed E-state index contributed by atoms with van der Waals surface area (Å²) < 4.78 is 28.9. The van der Waals surface area contributed by atoms with Crippen LogP contribution in [0.5, 0.6) is 0 Å². The first-order valence-corrected chi connectivity index (χ1v) is 27.0. The van der Waals surface area contributed by atoms with Crippen LogP contribution in [0.1, 0.15) is 69.2 Å². The summed E-state index contributed by atoms with van der Waals surface area (Å²) in [5.74, 6) is 0.921. The average Bonchev–Trinajstić information content (AvgIpc) is 2.67. The maximum absolute atomic E-state index is 7.52. The van der Waals surface area contributed by atoms with Crippen LogP contribution in [0.25, 0.3) is 0 Å². The first-order chi connectivity index (χ1) is 15.0. The maximum Gasteiger partial charge on any atom is 0.637 e. The van der Waals surface area contributed by atoms with E-state index in [1.54, 1.807) is 0 Å². The molecule has 0 fully saturated rings. The maximum atomic E-state index is 7.52. The fraction of sp³-hybridized carbons (Fsp3) is 1.00. The van der Waals surface area contributed by atoms with Crippen molar-refractivity contribution in [2.45, 2.75) is 137 Å². The molecule has 0 bridgehead atoms. The van der Waals surface area contributed by atoms with Crippen molar-refractivity contribution in [3.8, 4) is 0 Å². The minimum Gasteiger partial charge on any atom is -0.396 e. The average molecular weight is 574 g/mol. The Bertz CT molecular complexity index is 501. The van der Waals surface area contributed by atoms with Crippen LogP contribution >= 0.6 is 11.1 Å². The van der Waals surface area contributed by atoms with E-state index in [9.17, 15) is 0 Å². The Labute approximate surface area is 217 Å². The molecule has 0 heterocycles. The highest BCUT2D eigenvalue weighted by Crippen LogP contribution is 2.40. The van der Waals surface area contributed by atoms with E-state index in [4.69, 9.17) is 27.5 Å². The van der Waals surface area contributed by atoms with Crippen LogP contribution in [-0.2, 0) is 16.5 Å². The van der Waals surface area contributed by atoms with Crippen LogP contribution in [0.3, 0.4) is 0 Å². The Kier molecular flexibility index (Phi) is 14.8. The van der Waals surface area contributed by atoms with Gasteiger partial charge in [0.15, 0.2) is 25.0 Å². The molecule has 0 saturated carbocycles. The molecule has 0 aliphatic rings. The Morgan fingerprint density at radius 1 is 0.545 bits per heavy atom. The summed E-state index contributed by atoms with van der Waals surface area (Å²) in [6, 6.07) is 8.03. The highest BCUT2D eigenvalue weighted by atomic mass is 35.6. The van der Waals surface area contributed by atoms with E-state index >= 15 is 0 Å². The number of hydrogen-bond donors (Lipinski definition) is 0. The van der Waals surface area contributed by atoms with Gasteiger partial charge < -0.3 is 16.5 Å². The molecule has 0 aromatic rings. The quantitative estimate of drug-likeness (QED) is 0.121. The highest BCUT2D eigenvalue weighted by molar-refractivity contribution is 7.19. The summed E-state index contributed by atoms with van der Waals surface area (Å²) in [5.41, 5.74) is 0. The topological polar surface area (TPSA) is 36.9 Å². The molecule has 4 nitrogen and oxygen atoms in total. The Balaban J connectivity index is 6.91. The molecule has 0 radical (unpaired) electrons. The van der Waals surface area contributed by atoms with Crippen molar-refractivity contribution in [1.29, 1.82) is 0 Å². The van der Waals surface area contributed by atoms with Crippen molar-refractivity contribution in [1.82, 2.24) is 0 Å². The van der Waals surface area contributed by atoms with E-state index in [1.165, 1.54) is 0 Å². The van der Waals surface area contributed by atoms with E-state index < -0.39 is 41.6 Å². The van der Waals surface area contributed by atoms with Crippen molar-refractivity contribution in [3.63, 3.8) is 0 Å². The summed E-state index contributed by atoms with van der Waals surface area (Å²) in [7, 11) is -12.3. The molecule has 0 spiro atoms. The molecule has 33 heavy (non-hydrogen) atoms. The standard InChI is InChI=1S/C23H57ClO4Si5/c1-14-30(15-2,16-3)26-33(25-29(11,12)13,27-31(17-4,18-5)19-6)28-32(24,20-22(7)8)21-23(9)10/h22-23H,14-21H2,1-13H3. The fourth-order valence-electron chi connectivity index (χ4n) is 4.57. The lowest BCUT2D eigenvalue weighted by molar-refractivity contribution is 0.143. The zero-order valence-electron chi connectivity index (χ0n) is 24.3. The van der Waals surface area contributed by atoms with Gasteiger partial charge in [-0.2, -0.15) is 0 Å². The molecule has 10 heteroatoms. The van der Waals surface area contributed by atoms with Gasteiger partial charge in [0, 0.05) is 0 Å². The van der Waals surface area contributed by atoms with Gasteiger partial charge in [-0.05, 0) is 79.8 Å². The van der Waals surface area contributed by atoms with Gasteiger partial charge >= 0.3 is 9.05 Å². The second kappa shape index (κ2) is 14.2. The van der Waals surface area contributed by atoms with Crippen molar-refractivity contribution < 1.29 is 16.5 Å². The molecule has 0 aromatic heterocycles. The van der Waals surface area contributed by atoms with E-state index in [0.29, 0.717) is 11.8 Å². The molecular formula is C23H57ClO4Si5. The molecule has 0 atom stereocenters. The van der Waals surface area contributed by atoms with Gasteiger partial charge in [-0.25, -0.2) is 0 Å². The van der Waals surface area contributed by atoms with Gasteiger partial charge in [-0.15, -0.1) is 11.1 Å². The molecule has 0 amide bonds. The van der Waals surface area contributed by atoms with E-state index in [2.05, 4.69) is 88.9 Å². The second-order valence-corrected chi connectivity index (χ2v) is 33.7. The van der Waals surface area contributed by atoms with Gasteiger partial charge in [-0.3, -0.25) is 0 Å². The van der Waals surface area contributed by atoms with Crippen LogP contribution in [0.2, 0.25) is 68.0 Å². The summed E-state index contributed by atoms with van der Waals surface area (Å²) in [6.45, 7) is 29.3. The first kappa shape index (κ1) is 34.2. The second-order valence-electron chi connectivity index (χ2n) is 11.6. The lowest BCUT2D eigenvalue weighted by Gasteiger charge is -2.48. The lowest BCUT2D eigenvalue weighted by atomic mass is 10.3. The predicted molar refractivity (Wildman–Crippen MR) is 159 cm³/mol. The van der Waals surface area contributed by atoms with Crippen molar-refractivity contribution in [2.24, 2.45) is 11.8 Å². The van der Waals surface area contributed by atoms with Crippen molar-refractivity contribution >= 4 is 52.7 Å². The monoisotopic (exact) mass is 572 g/mol. The molecule has 0 N–H and O–H groups in total. The molecule has 0 unspecified atom stereocenters. The molecule has 0 aliphatic carbocycles. The number of hydrogen-bond acceptors (Lipinski definition) is 4. The van der Waals surface area contributed by atoms with Crippen molar-refractivity contribution in [2.75, 3.05) is 0 Å². The van der Waals surface area contributed by atoms with Crippen LogP contribution in [0, 0.1) is 11.8 Å². The summed E-state index contributed by atoms with van der Waals surface area (Å²) in [5, 5.41) is 0. The molecule has 0 saturated heterocycles. The third-order valence-electron chi connectivity index (χ3n) is 6.71. The number of rotatable bonds is 18. The highest BCUT2D eigenvalue weighted by Gasteiger charge is 2.60. The minimum atomic E-state index is -3.48. The molecular weight excluding hydrogens is 516 g/mol. The summed E-state index contributed by atoms with van der Waals surface area (Å²) in [4.78, 5) is 0. The van der Waals surface area contributed by atoms with Crippen LogP contribution in [0.15, 0.2) is 0 Å². The fourth-order valence-corrected chi connectivity index (χ4v) is 29.3. The molecule has 0 aliphatic heterocycles. The van der Waals surface area contributed by atoms with E-state index in [1.807, 2.05) is 0 Å². The Hall–Kier alpha value is 1.21. The molecule has 0 aromatic carbocycles. The lowest BCUT2D eigenvalue weighted by Crippen LogP contribution is -2.67. The zero-order chi connectivity index (χ0) is 26.1. The third-order valence-corrected chi connectivity index (χ3v) is 30.3. The van der Waals surface area contributed by atoms with Gasteiger partial charge in [0.25, 0.3) is 7.63 Å². The first-order valence-electron chi connectivity index (χ1n) is 13.5. The van der Waals surface area contributed by atoms with Gasteiger partial charge in [0.1, 0.15) is 0 Å². The smallest absolute Gasteiger partial charge is 0.396 e. The SMILES string of the molecule is CC[Si](CC)(CC)O[Si](O[Si](C)(C)C)(O[Si](Cl)(CC(C)C)CC(C)C)O[Si](CC)(CC)CC. The molecule has 200 valence electrons. The van der Waals surface area contributed by atoms with Crippen LogP contribution in [-0.4, -0.2) is 41.6 Å². The van der Waals surface area contributed by atoms with Gasteiger partial charge in [-0.1, -0.05) is 69.2 Å². The zero-order valence-corrected chi connectivity index (χ0v) is 30.1. The summed E-state index contributed by atoms with van der Waals surface area (Å²) >= 11 is 7.52. The predicted octanol–water partition coefficient (Wildman–Crippen LogP) is 9.33. The Morgan fingerprint density at radius 2 is 0.848 bits per heavy atom.